The first-order chi connectivity index (χ1) is 24.5. The summed E-state index contributed by atoms with van der Waals surface area (Å²) >= 11 is 12.1. The quantitative estimate of drug-likeness (QED) is 0.118. The number of benzene rings is 4. The van der Waals surface area contributed by atoms with Crippen LogP contribution >= 0.6 is 23.2 Å². The molecule has 53 heavy (non-hydrogen) atoms. The molecule has 2 amide bonds. The fraction of sp³-hybridized carbons (Fsp3) is 0.125. The summed E-state index contributed by atoms with van der Waals surface area (Å²) in [5.74, 6) is -1.10. The molecular weight excluding hydrogens is 897 g/mol. The SMILES string of the molecule is CC1=NN(c2cc(S(=O)(=O)[O-])ccc2Cl)C(=O)C1N=Nc1ccccc1.CC1=NN(c2cc(S(=O)(=O)[O-])ccc2Cl)C(=O)C1N=Nc1ccccc1.[Ba+2]. The molecule has 268 valence electrons. The summed E-state index contributed by atoms with van der Waals surface area (Å²) in [6.07, 6.45) is 0. The van der Waals surface area contributed by atoms with E-state index >= 15 is 0 Å². The van der Waals surface area contributed by atoms with Crippen molar-refractivity contribution in [3.8, 4) is 0 Å². The molecule has 0 saturated carbocycles. The van der Waals surface area contributed by atoms with Crippen LogP contribution in [0.4, 0.5) is 22.7 Å². The fourth-order valence-corrected chi connectivity index (χ4v) is 5.96. The van der Waals surface area contributed by atoms with Gasteiger partial charge < -0.3 is 9.11 Å². The van der Waals surface area contributed by atoms with Crippen molar-refractivity contribution in [2.24, 2.45) is 30.7 Å². The van der Waals surface area contributed by atoms with Crippen molar-refractivity contribution >= 4 is 138 Å². The number of rotatable bonds is 8. The second kappa shape index (κ2) is 17.6. The number of anilines is 2. The van der Waals surface area contributed by atoms with Crippen LogP contribution in [0.25, 0.3) is 0 Å². The van der Waals surface area contributed by atoms with Gasteiger partial charge in [-0.05, 0) is 74.5 Å². The molecule has 0 fully saturated rings. The maximum atomic E-state index is 12.6. The zero-order chi connectivity index (χ0) is 37.8. The Hall–Kier alpha value is -3.67. The van der Waals surface area contributed by atoms with Gasteiger partial charge in [-0.15, -0.1) is 0 Å². The van der Waals surface area contributed by atoms with Crippen LogP contribution in [-0.2, 0) is 29.8 Å². The van der Waals surface area contributed by atoms with Gasteiger partial charge in [-0.25, -0.2) is 16.8 Å². The molecule has 6 rings (SSSR count). The van der Waals surface area contributed by atoms with E-state index < -0.39 is 53.9 Å². The van der Waals surface area contributed by atoms with E-state index in [0.29, 0.717) is 22.8 Å². The number of carbonyl (C=O) groups is 2. The Kier molecular flexibility index (Phi) is 14.0. The van der Waals surface area contributed by atoms with Crippen molar-refractivity contribution in [2.75, 3.05) is 10.0 Å². The van der Waals surface area contributed by atoms with E-state index in [0.717, 1.165) is 34.3 Å². The molecule has 2 aliphatic heterocycles. The molecule has 4 aromatic rings. The molecule has 0 radical (unpaired) electrons. The number of hydrogen-bond acceptors (Lipinski definition) is 14. The first-order valence-corrected chi connectivity index (χ1v) is 18.3. The van der Waals surface area contributed by atoms with Crippen molar-refractivity contribution in [3.63, 3.8) is 0 Å². The van der Waals surface area contributed by atoms with Crippen LogP contribution in [0.1, 0.15) is 13.8 Å². The predicted molar refractivity (Wildman–Crippen MR) is 195 cm³/mol. The van der Waals surface area contributed by atoms with Gasteiger partial charge in [0.25, 0.3) is 11.8 Å². The van der Waals surface area contributed by atoms with E-state index in [4.69, 9.17) is 23.2 Å². The molecule has 2 atom stereocenters. The zero-order valence-electron chi connectivity index (χ0n) is 27.5. The van der Waals surface area contributed by atoms with Crippen LogP contribution < -0.4 is 10.0 Å². The minimum atomic E-state index is -4.70. The van der Waals surface area contributed by atoms with Gasteiger partial charge in [0.15, 0.2) is 12.1 Å². The Morgan fingerprint density at radius 1 is 0.604 bits per heavy atom. The van der Waals surface area contributed by atoms with Gasteiger partial charge in [-0.3, -0.25) is 9.59 Å². The molecular formula is C32H24BaCl2N8O8S2. The number of hydrazone groups is 2. The predicted octanol–water partition coefficient (Wildman–Crippen LogP) is 5.86. The van der Waals surface area contributed by atoms with Crippen molar-refractivity contribution in [1.29, 1.82) is 0 Å². The average molecular weight is 921 g/mol. The summed E-state index contributed by atoms with van der Waals surface area (Å²) in [5, 5.41) is 26.2. The van der Waals surface area contributed by atoms with E-state index in [-0.39, 0.29) is 70.3 Å². The Balaban J connectivity index is 0.000000232. The third-order valence-corrected chi connectivity index (χ3v) is 9.45. The fourth-order valence-electron chi connectivity index (χ4n) is 4.58. The Morgan fingerprint density at radius 3 is 1.26 bits per heavy atom. The molecule has 0 saturated heterocycles. The molecule has 2 aliphatic rings. The van der Waals surface area contributed by atoms with E-state index in [2.05, 4.69) is 30.7 Å². The Morgan fingerprint density at radius 2 is 0.943 bits per heavy atom. The number of halogens is 2. The van der Waals surface area contributed by atoms with Crippen LogP contribution in [0.3, 0.4) is 0 Å². The number of azo groups is 2. The summed E-state index contributed by atoms with van der Waals surface area (Å²) < 4.78 is 67.3. The first kappa shape index (κ1) is 42.1. The van der Waals surface area contributed by atoms with Gasteiger partial charge in [-0.1, -0.05) is 59.6 Å². The van der Waals surface area contributed by atoms with Gasteiger partial charge in [0.2, 0.25) is 0 Å². The van der Waals surface area contributed by atoms with Gasteiger partial charge in [0.1, 0.15) is 20.2 Å². The maximum Gasteiger partial charge on any atom is 2.00 e. The van der Waals surface area contributed by atoms with Crippen molar-refractivity contribution in [3.05, 3.63) is 107 Å². The Bertz CT molecular complexity index is 2220. The number of amides is 2. The molecule has 4 aromatic carbocycles. The minimum absolute atomic E-state index is 0. The molecule has 0 N–H and O–H groups in total. The van der Waals surface area contributed by atoms with Crippen LogP contribution in [0.5, 0.6) is 0 Å². The zero-order valence-corrected chi connectivity index (χ0v) is 35.1. The largest absolute Gasteiger partial charge is 2.00 e. The second-order valence-corrected chi connectivity index (χ2v) is 14.4. The molecule has 0 aliphatic carbocycles. The smallest absolute Gasteiger partial charge is 0.744 e. The maximum absolute atomic E-state index is 12.6. The Labute approximate surface area is 353 Å². The van der Waals surface area contributed by atoms with Gasteiger partial charge in [0, 0.05) is 0 Å². The molecule has 0 aromatic heterocycles. The minimum Gasteiger partial charge on any atom is -0.744 e. The summed E-state index contributed by atoms with van der Waals surface area (Å²) in [4.78, 5) is 24.2. The average Bonchev–Trinajstić information content (AvgIpc) is 3.55. The summed E-state index contributed by atoms with van der Waals surface area (Å²) in [7, 11) is -9.40. The van der Waals surface area contributed by atoms with Gasteiger partial charge >= 0.3 is 48.9 Å². The van der Waals surface area contributed by atoms with Crippen LogP contribution in [0, 0.1) is 0 Å². The van der Waals surface area contributed by atoms with Crippen molar-refractivity contribution < 1.29 is 35.5 Å². The van der Waals surface area contributed by atoms with Gasteiger partial charge in [0.05, 0.1) is 54.0 Å². The molecule has 21 heteroatoms. The molecule has 0 spiro atoms. The second-order valence-electron chi connectivity index (χ2n) is 10.8. The van der Waals surface area contributed by atoms with E-state index in [1.807, 2.05) is 12.1 Å². The first-order valence-electron chi connectivity index (χ1n) is 14.8. The number of nitrogens with zero attached hydrogens (tertiary/aromatic N) is 8. The van der Waals surface area contributed by atoms with Crippen LogP contribution in [0.15, 0.2) is 138 Å². The monoisotopic (exact) mass is 920 g/mol. The normalized spacial score (nSPS) is 17.5. The number of hydrogen-bond donors (Lipinski definition) is 0. The van der Waals surface area contributed by atoms with E-state index in [9.17, 15) is 35.5 Å². The van der Waals surface area contributed by atoms with Gasteiger partial charge in [-0.2, -0.15) is 40.7 Å². The third kappa shape index (κ3) is 10.3. The molecule has 16 nitrogen and oxygen atoms in total. The molecule has 2 unspecified atom stereocenters. The van der Waals surface area contributed by atoms with Crippen LogP contribution in [-0.4, -0.2) is 110 Å². The van der Waals surface area contributed by atoms with E-state index in [1.165, 1.54) is 12.1 Å². The standard InChI is InChI=1S/2C16H13ClN4O4S.Ba/c2*1-10-15(19-18-11-5-3-2-4-6-11)16(22)21(20-10)14-9-12(26(23,24)25)7-8-13(14)17;/h2*2-9,15H,1H3,(H,23,24,25);/q;;+2/p-2. The topological polar surface area (TPSA) is 229 Å². The molecule has 2 heterocycles. The summed E-state index contributed by atoms with van der Waals surface area (Å²) in [5.41, 5.74) is 1.85. The van der Waals surface area contributed by atoms with Crippen LogP contribution in [0.2, 0.25) is 10.0 Å². The number of carbonyl (C=O) groups excluding carboxylic acids is 2. The van der Waals surface area contributed by atoms with Crippen molar-refractivity contribution in [1.82, 2.24) is 0 Å². The van der Waals surface area contributed by atoms with E-state index in [1.54, 1.807) is 62.4 Å². The molecule has 0 bridgehead atoms. The third-order valence-electron chi connectivity index (χ3n) is 7.15. The summed E-state index contributed by atoms with van der Waals surface area (Å²) in [6, 6.07) is 22.4. The van der Waals surface area contributed by atoms with Crippen molar-refractivity contribution in [2.45, 2.75) is 35.7 Å². The summed E-state index contributed by atoms with van der Waals surface area (Å²) in [6.45, 7) is 3.18.